The fourth-order valence-electron chi connectivity index (χ4n) is 1.01. The van der Waals surface area contributed by atoms with Gasteiger partial charge < -0.3 is 10.4 Å². The van der Waals surface area contributed by atoms with Crippen LogP contribution in [0.4, 0.5) is 0 Å². The number of hydrogen-bond acceptors (Lipinski definition) is 3. The summed E-state index contributed by atoms with van der Waals surface area (Å²) in [5, 5.41) is 15.5. The molecule has 0 aliphatic heterocycles. The van der Waals surface area contributed by atoms with Gasteiger partial charge in [-0.2, -0.15) is 11.3 Å². The van der Waals surface area contributed by atoms with Gasteiger partial charge in [0.15, 0.2) is 0 Å². The lowest BCUT2D eigenvalue weighted by Crippen LogP contribution is -2.46. The average Bonchev–Trinajstić information content (AvgIpc) is 2.51. The first-order valence-corrected chi connectivity index (χ1v) is 5.37. The quantitative estimate of drug-likeness (QED) is 0.800. The third kappa shape index (κ3) is 2.56. The molecule has 0 fully saturated rings. The van der Waals surface area contributed by atoms with Crippen LogP contribution in [0.2, 0.25) is 0 Å². The first kappa shape index (κ1) is 11.2. The zero-order valence-electron chi connectivity index (χ0n) is 8.63. The van der Waals surface area contributed by atoms with Crippen LogP contribution in [-0.2, 0) is 0 Å². The van der Waals surface area contributed by atoms with Gasteiger partial charge in [0, 0.05) is 5.38 Å². The summed E-state index contributed by atoms with van der Waals surface area (Å²) in [6.07, 6.45) is 0. The molecule has 1 amide bonds. The maximum atomic E-state index is 11.7. The lowest BCUT2D eigenvalue weighted by Gasteiger charge is -2.23. The van der Waals surface area contributed by atoms with Gasteiger partial charge in [0.25, 0.3) is 5.91 Å². The molecule has 1 aromatic rings. The third-order valence-electron chi connectivity index (χ3n) is 1.95. The summed E-state index contributed by atoms with van der Waals surface area (Å²) in [6.45, 7) is 5.40. The molecule has 0 saturated heterocycles. The number of aliphatic hydroxyl groups excluding tert-OH is 1. The summed E-state index contributed by atoms with van der Waals surface area (Å²) in [6, 6.07) is 0. The van der Waals surface area contributed by atoms with Crippen molar-refractivity contribution in [3.05, 3.63) is 21.9 Å². The van der Waals surface area contributed by atoms with E-state index in [1.165, 1.54) is 11.3 Å². The molecule has 0 spiro atoms. The van der Waals surface area contributed by atoms with E-state index in [0.717, 1.165) is 5.56 Å². The smallest absolute Gasteiger partial charge is 0.252 e. The normalized spacial score (nSPS) is 11.4. The molecule has 0 saturated carbocycles. The van der Waals surface area contributed by atoms with Crippen LogP contribution in [0.1, 0.15) is 29.8 Å². The zero-order valence-corrected chi connectivity index (χ0v) is 9.44. The molecule has 1 rings (SSSR count). The van der Waals surface area contributed by atoms with E-state index in [-0.39, 0.29) is 12.5 Å². The van der Waals surface area contributed by atoms with E-state index in [9.17, 15) is 4.79 Å². The Morgan fingerprint density at radius 1 is 1.57 bits per heavy atom. The molecule has 0 bridgehead atoms. The highest BCUT2D eigenvalue weighted by Crippen LogP contribution is 2.14. The number of nitrogens with one attached hydrogen (secondary N) is 1. The zero-order chi connectivity index (χ0) is 10.8. The van der Waals surface area contributed by atoms with E-state index >= 15 is 0 Å². The van der Waals surface area contributed by atoms with Crippen LogP contribution in [0, 0.1) is 6.92 Å². The monoisotopic (exact) mass is 213 g/mol. The SMILES string of the molecule is Cc1cscc1C(=O)NC(C)(C)CO. The summed E-state index contributed by atoms with van der Waals surface area (Å²) >= 11 is 1.50. The Balaban J connectivity index is 2.73. The summed E-state index contributed by atoms with van der Waals surface area (Å²) in [5.74, 6) is -0.122. The lowest BCUT2D eigenvalue weighted by molar-refractivity contribution is 0.0869. The number of carbonyl (C=O) groups excluding carboxylic acids is 1. The highest BCUT2D eigenvalue weighted by Gasteiger charge is 2.20. The van der Waals surface area contributed by atoms with Gasteiger partial charge in [-0.1, -0.05) is 0 Å². The summed E-state index contributed by atoms with van der Waals surface area (Å²) < 4.78 is 0. The van der Waals surface area contributed by atoms with Gasteiger partial charge in [-0.05, 0) is 31.7 Å². The molecule has 0 aliphatic carbocycles. The van der Waals surface area contributed by atoms with Crippen LogP contribution in [0.5, 0.6) is 0 Å². The maximum Gasteiger partial charge on any atom is 0.252 e. The van der Waals surface area contributed by atoms with E-state index in [1.54, 1.807) is 13.8 Å². The average molecular weight is 213 g/mol. The predicted molar refractivity (Wildman–Crippen MR) is 57.7 cm³/mol. The van der Waals surface area contributed by atoms with Crippen LogP contribution in [0.3, 0.4) is 0 Å². The molecule has 0 unspecified atom stereocenters. The van der Waals surface area contributed by atoms with Crippen LogP contribution in [0.25, 0.3) is 0 Å². The molecule has 3 nitrogen and oxygen atoms in total. The van der Waals surface area contributed by atoms with Crippen molar-refractivity contribution >= 4 is 17.2 Å². The van der Waals surface area contributed by atoms with Crippen LogP contribution in [-0.4, -0.2) is 23.2 Å². The standard InChI is InChI=1S/C10H15NO2S/c1-7-4-14-5-8(7)9(13)11-10(2,3)6-12/h4-5,12H,6H2,1-3H3,(H,11,13). The molecule has 78 valence electrons. The fourth-order valence-corrected chi connectivity index (χ4v) is 1.84. The van der Waals surface area contributed by atoms with Gasteiger partial charge in [-0.3, -0.25) is 4.79 Å². The third-order valence-corrected chi connectivity index (χ3v) is 2.81. The van der Waals surface area contributed by atoms with E-state index in [0.29, 0.717) is 5.56 Å². The van der Waals surface area contributed by atoms with Gasteiger partial charge in [0.05, 0.1) is 17.7 Å². The minimum Gasteiger partial charge on any atom is -0.394 e. The largest absolute Gasteiger partial charge is 0.394 e. The number of rotatable bonds is 3. The fraction of sp³-hybridized carbons (Fsp3) is 0.500. The second kappa shape index (κ2) is 4.11. The van der Waals surface area contributed by atoms with E-state index in [4.69, 9.17) is 5.11 Å². The number of aryl methyl sites for hydroxylation is 1. The summed E-state index contributed by atoms with van der Waals surface area (Å²) in [5.41, 5.74) is 1.10. The van der Waals surface area contributed by atoms with Crippen LogP contribution in [0.15, 0.2) is 10.8 Å². The van der Waals surface area contributed by atoms with Gasteiger partial charge in [0.2, 0.25) is 0 Å². The molecular weight excluding hydrogens is 198 g/mol. The predicted octanol–water partition coefficient (Wildman–Crippen LogP) is 1.56. The first-order chi connectivity index (χ1) is 6.46. The molecular formula is C10H15NO2S. The number of hydrogen-bond donors (Lipinski definition) is 2. The number of carbonyl (C=O) groups is 1. The minimum absolute atomic E-state index is 0.0675. The van der Waals surface area contributed by atoms with Gasteiger partial charge in [-0.25, -0.2) is 0 Å². The van der Waals surface area contributed by atoms with Gasteiger partial charge in [-0.15, -0.1) is 0 Å². The van der Waals surface area contributed by atoms with E-state index in [1.807, 2.05) is 17.7 Å². The van der Waals surface area contributed by atoms with Crippen LogP contribution < -0.4 is 5.32 Å². The highest BCUT2D eigenvalue weighted by atomic mass is 32.1. The van der Waals surface area contributed by atoms with E-state index in [2.05, 4.69) is 5.32 Å². The number of amides is 1. The molecule has 2 N–H and O–H groups in total. The summed E-state index contributed by atoms with van der Waals surface area (Å²) in [7, 11) is 0. The van der Waals surface area contributed by atoms with Crippen molar-refractivity contribution in [1.29, 1.82) is 0 Å². The molecule has 0 aromatic carbocycles. The molecule has 0 radical (unpaired) electrons. The lowest BCUT2D eigenvalue weighted by atomic mass is 10.1. The van der Waals surface area contributed by atoms with Crippen molar-refractivity contribution in [2.75, 3.05) is 6.61 Å². The Bertz CT molecular complexity index is 331. The minimum atomic E-state index is -0.564. The Hall–Kier alpha value is -0.870. The Kier molecular flexibility index (Phi) is 3.29. The van der Waals surface area contributed by atoms with Gasteiger partial charge >= 0.3 is 0 Å². The highest BCUT2D eigenvalue weighted by molar-refractivity contribution is 7.08. The van der Waals surface area contributed by atoms with Crippen molar-refractivity contribution in [3.63, 3.8) is 0 Å². The molecule has 4 heteroatoms. The number of thiophene rings is 1. The molecule has 14 heavy (non-hydrogen) atoms. The van der Waals surface area contributed by atoms with Gasteiger partial charge in [0.1, 0.15) is 0 Å². The van der Waals surface area contributed by atoms with E-state index < -0.39 is 5.54 Å². The first-order valence-electron chi connectivity index (χ1n) is 4.42. The molecule has 1 heterocycles. The van der Waals surface area contributed by atoms with Crippen LogP contribution >= 0.6 is 11.3 Å². The van der Waals surface area contributed by atoms with Crippen molar-refractivity contribution in [3.8, 4) is 0 Å². The van der Waals surface area contributed by atoms with Crippen molar-refractivity contribution in [2.45, 2.75) is 26.3 Å². The van der Waals surface area contributed by atoms with Crippen molar-refractivity contribution in [2.24, 2.45) is 0 Å². The Labute approximate surface area is 87.8 Å². The van der Waals surface area contributed by atoms with Crippen molar-refractivity contribution in [1.82, 2.24) is 5.32 Å². The second-order valence-electron chi connectivity index (χ2n) is 3.96. The van der Waals surface area contributed by atoms with Crippen molar-refractivity contribution < 1.29 is 9.90 Å². The number of aliphatic hydroxyl groups is 1. The molecule has 0 atom stereocenters. The summed E-state index contributed by atoms with van der Waals surface area (Å²) in [4.78, 5) is 11.7. The Morgan fingerprint density at radius 2 is 2.21 bits per heavy atom. The second-order valence-corrected chi connectivity index (χ2v) is 4.71. The topological polar surface area (TPSA) is 49.3 Å². The maximum absolute atomic E-state index is 11.7. The molecule has 0 aliphatic rings. The molecule has 1 aromatic heterocycles. The Morgan fingerprint density at radius 3 is 2.64 bits per heavy atom.